The predicted molar refractivity (Wildman–Crippen MR) is 123 cm³/mol. The van der Waals surface area contributed by atoms with Crippen molar-refractivity contribution in [1.29, 1.82) is 0 Å². The van der Waals surface area contributed by atoms with Gasteiger partial charge in [0.1, 0.15) is 6.10 Å². The molecule has 5 nitrogen and oxygen atoms in total. The van der Waals surface area contributed by atoms with Crippen LogP contribution in [0.5, 0.6) is 0 Å². The van der Waals surface area contributed by atoms with Crippen molar-refractivity contribution in [3.8, 4) is 0 Å². The molecule has 2 aromatic carbocycles. The highest BCUT2D eigenvalue weighted by Crippen LogP contribution is 2.47. The Labute approximate surface area is 188 Å². The summed E-state index contributed by atoms with van der Waals surface area (Å²) in [4.78, 5) is 20.5. The molecule has 1 aliphatic heterocycles. The van der Waals surface area contributed by atoms with Gasteiger partial charge in [-0.1, -0.05) is 67.8 Å². The zero-order valence-corrected chi connectivity index (χ0v) is 18.0. The minimum Gasteiger partial charge on any atom is -0.618 e. The van der Waals surface area contributed by atoms with Crippen LogP contribution < -0.4 is 9.79 Å². The lowest BCUT2D eigenvalue weighted by atomic mass is 9.74. The number of para-hydroxylation sites is 1. The molecular weight excluding hydrogens is 400 g/mol. The van der Waals surface area contributed by atoms with Crippen molar-refractivity contribution in [3.63, 3.8) is 0 Å². The Morgan fingerprint density at radius 3 is 2.22 bits per heavy atom. The quantitative estimate of drug-likeness (QED) is 0.316. The molecule has 2 heterocycles. The molecule has 0 bridgehead atoms. The number of carbonyl (C=O) groups is 1. The second-order valence-electron chi connectivity index (χ2n) is 8.79. The Bertz CT molecular complexity index is 1050. The van der Waals surface area contributed by atoms with Gasteiger partial charge in [0.05, 0.1) is 17.6 Å². The second-order valence-corrected chi connectivity index (χ2v) is 8.79. The van der Waals surface area contributed by atoms with E-state index < -0.39 is 12.0 Å². The molecule has 5 rings (SSSR count). The monoisotopic (exact) mass is 428 g/mol. The van der Waals surface area contributed by atoms with Crippen molar-refractivity contribution in [3.05, 3.63) is 102 Å². The van der Waals surface area contributed by atoms with E-state index in [1.54, 1.807) is 18.2 Å². The summed E-state index contributed by atoms with van der Waals surface area (Å²) >= 11 is 0. The maximum atomic E-state index is 14.0. The number of Topliss-reactive ketones (excluding diaryl/α,β-unsaturated/α-hetero) is 1. The predicted octanol–water partition coefficient (Wildman–Crippen LogP) is 5.26. The summed E-state index contributed by atoms with van der Waals surface area (Å²) in [6.45, 7) is 0. The summed E-state index contributed by atoms with van der Waals surface area (Å²) in [6, 6.07) is 24.8. The van der Waals surface area contributed by atoms with Gasteiger partial charge in [0.15, 0.2) is 6.20 Å². The van der Waals surface area contributed by atoms with Crippen LogP contribution >= 0.6 is 0 Å². The SMILES string of the molecule is O=C(c1cccc[n+]1[O-])[C@@H]1[C@@H](C2CCCCC2)N(c2ccccc2)O[C@H]1c1ccccc1. The lowest BCUT2D eigenvalue weighted by Crippen LogP contribution is -2.45. The minimum atomic E-state index is -0.469. The molecule has 1 saturated heterocycles. The molecule has 1 aliphatic carbocycles. The number of hydroxylamine groups is 1. The molecule has 164 valence electrons. The lowest BCUT2D eigenvalue weighted by molar-refractivity contribution is -0.607. The van der Waals surface area contributed by atoms with Crippen molar-refractivity contribution in [1.82, 2.24) is 0 Å². The molecule has 0 amide bonds. The fourth-order valence-electron chi connectivity index (χ4n) is 5.34. The molecule has 0 N–H and O–H groups in total. The minimum absolute atomic E-state index is 0.129. The number of aromatic nitrogens is 1. The summed E-state index contributed by atoms with van der Waals surface area (Å²) in [5.74, 6) is -0.290. The summed E-state index contributed by atoms with van der Waals surface area (Å²) in [5, 5.41) is 14.5. The van der Waals surface area contributed by atoms with Gasteiger partial charge in [0.25, 0.3) is 5.69 Å². The number of hydrogen-bond donors (Lipinski definition) is 0. The van der Waals surface area contributed by atoms with Crippen LogP contribution in [-0.4, -0.2) is 11.8 Å². The standard InChI is InChI=1S/C27H28N2O3/c30-26(23-18-10-11-19-28(23)31)24-25(20-12-4-1-5-13-20)29(22-16-8-3-9-17-22)32-27(24)21-14-6-2-7-15-21/h2-3,6-11,14-20,24-25,27H,1,4-5,12-13H2/t24-,25+,27-/m0/s1. The molecule has 1 aromatic heterocycles. The van der Waals surface area contributed by atoms with Gasteiger partial charge < -0.3 is 5.21 Å². The van der Waals surface area contributed by atoms with E-state index in [4.69, 9.17) is 4.84 Å². The van der Waals surface area contributed by atoms with Gasteiger partial charge in [0.2, 0.25) is 5.78 Å². The molecule has 3 atom stereocenters. The van der Waals surface area contributed by atoms with Crippen molar-refractivity contribution >= 4 is 11.5 Å². The first kappa shape index (κ1) is 20.7. The van der Waals surface area contributed by atoms with Gasteiger partial charge in [-0.05, 0) is 42.5 Å². The van der Waals surface area contributed by atoms with E-state index in [9.17, 15) is 10.0 Å². The van der Waals surface area contributed by atoms with E-state index in [2.05, 4.69) is 0 Å². The van der Waals surface area contributed by atoms with Gasteiger partial charge in [-0.25, -0.2) is 5.06 Å². The second kappa shape index (κ2) is 9.13. The number of carbonyl (C=O) groups excluding carboxylic acids is 1. The zero-order chi connectivity index (χ0) is 21.9. The molecule has 1 saturated carbocycles. The van der Waals surface area contributed by atoms with Gasteiger partial charge in [0, 0.05) is 12.1 Å². The fraction of sp³-hybridized carbons (Fsp3) is 0.333. The van der Waals surface area contributed by atoms with Crippen LogP contribution in [0, 0.1) is 17.0 Å². The van der Waals surface area contributed by atoms with E-state index in [0.717, 1.165) is 36.9 Å². The van der Waals surface area contributed by atoms with Gasteiger partial charge in [-0.15, -0.1) is 0 Å². The third-order valence-electron chi connectivity index (χ3n) is 6.84. The van der Waals surface area contributed by atoms with Crippen LogP contribution in [0.2, 0.25) is 0 Å². The summed E-state index contributed by atoms with van der Waals surface area (Å²) in [5.41, 5.74) is 2.08. The van der Waals surface area contributed by atoms with Crippen molar-refractivity contribution < 1.29 is 14.4 Å². The van der Waals surface area contributed by atoms with Crippen molar-refractivity contribution in [2.75, 3.05) is 5.06 Å². The van der Waals surface area contributed by atoms with Crippen LogP contribution in [0.25, 0.3) is 0 Å². The lowest BCUT2D eigenvalue weighted by Gasteiger charge is -2.35. The average molecular weight is 429 g/mol. The maximum absolute atomic E-state index is 14.0. The number of ketones is 1. The molecule has 2 aliphatic rings. The summed E-state index contributed by atoms with van der Waals surface area (Å²) in [7, 11) is 0. The van der Waals surface area contributed by atoms with E-state index in [1.165, 1.54) is 12.6 Å². The van der Waals surface area contributed by atoms with Gasteiger partial charge in [-0.2, -0.15) is 4.73 Å². The number of anilines is 1. The Hall–Kier alpha value is -3.18. The number of hydrogen-bond acceptors (Lipinski definition) is 4. The zero-order valence-electron chi connectivity index (χ0n) is 18.0. The smallest absolute Gasteiger partial charge is 0.260 e. The highest BCUT2D eigenvalue weighted by molar-refractivity contribution is 5.96. The molecule has 0 radical (unpaired) electrons. The van der Waals surface area contributed by atoms with Crippen LogP contribution in [-0.2, 0) is 4.84 Å². The third kappa shape index (κ3) is 3.89. The first-order chi connectivity index (χ1) is 15.7. The highest BCUT2D eigenvalue weighted by Gasteiger charge is 2.52. The maximum Gasteiger partial charge on any atom is 0.260 e. The Balaban J connectivity index is 1.63. The normalized spacial score (nSPS) is 23.9. The van der Waals surface area contributed by atoms with Crippen LogP contribution in [0.4, 0.5) is 5.69 Å². The fourth-order valence-corrected chi connectivity index (χ4v) is 5.34. The average Bonchev–Trinajstić information content (AvgIpc) is 3.26. The molecule has 5 heteroatoms. The number of benzene rings is 2. The van der Waals surface area contributed by atoms with E-state index in [-0.39, 0.29) is 17.5 Å². The van der Waals surface area contributed by atoms with Crippen LogP contribution in [0.15, 0.2) is 85.1 Å². The molecule has 0 unspecified atom stereocenters. The van der Waals surface area contributed by atoms with E-state index >= 15 is 0 Å². The van der Waals surface area contributed by atoms with Crippen LogP contribution in [0.3, 0.4) is 0 Å². The Morgan fingerprint density at radius 2 is 1.53 bits per heavy atom. The van der Waals surface area contributed by atoms with Crippen molar-refractivity contribution in [2.45, 2.75) is 44.2 Å². The van der Waals surface area contributed by atoms with Gasteiger partial charge in [-0.3, -0.25) is 9.63 Å². The van der Waals surface area contributed by atoms with Gasteiger partial charge >= 0.3 is 0 Å². The number of pyridine rings is 1. The molecule has 0 spiro atoms. The molecule has 32 heavy (non-hydrogen) atoms. The topological polar surface area (TPSA) is 56.5 Å². The molecule has 3 aromatic rings. The first-order valence-corrected chi connectivity index (χ1v) is 11.5. The molecule has 2 fully saturated rings. The largest absolute Gasteiger partial charge is 0.618 e. The molecular formula is C27H28N2O3. The number of rotatable bonds is 5. The number of nitrogens with zero attached hydrogens (tertiary/aromatic N) is 2. The summed E-state index contributed by atoms with van der Waals surface area (Å²) in [6.07, 6.45) is 6.63. The first-order valence-electron chi connectivity index (χ1n) is 11.5. The Kier molecular flexibility index (Phi) is 5.91. The highest BCUT2D eigenvalue weighted by atomic mass is 16.7. The van der Waals surface area contributed by atoms with Crippen molar-refractivity contribution in [2.24, 2.45) is 11.8 Å². The third-order valence-corrected chi connectivity index (χ3v) is 6.84. The van der Waals surface area contributed by atoms with E-state index in [1.807, 2.05) is 65.7 Å². The van der Waals surface area contributed by atoms with E-state index in [0.29, 0.717) is 10.6 Å². The summed E-state index contributed by atoms with van der Waals surface area (Å²) < 4.78 is 0.688. The Morgan fingerprint density at radius 1 is 0.875 bits per heavy atom. The van der Waals surface area contributed by atoms with Crippen LogP contribution in [0.1, 0.15) is 54.3 Å².